The maximum atomic E-state index is 11.1. The summed E-state index contributed by atoms with van der Waals surface area (Å²) in [6.07, 6.45) is 7.56. The summed E-state index contributed by atoms with van der Waals surface area (Å²) < 4.78 is 4.65. The summed E-state index contributed by atoms with van der Waals surface area (Å²) in [5, 5.41) is 0. The summed E-state index contributed by atoms with van der Waals surface area (Å²) in [5.74, 6) is 1.39. The minimum Gasteiger partial charge on any atom is -0.466 e. The second-order valence-corrected chi connectivity index (χ2v) is 4.76. The summed E-state index contributed by atoms with van der Waals surface area (Å²) >= 11 is 0. The molecule has 2 nitrogen and oxygen atoms in total. The molecule has 0 aliphatic heterocycles. The van der Waals surface area contributed by atoms with Crippen LogP contribution in [0.2, 0.25) is 0 Å². The quantitative estimate of drug-likeness (QED) is 0.397. The molecule has 0 aromatic heterocycles. The Morgan fingerprint density at radius 1 is 1.40 bits per heavy atom. The molecule has 0 aromatic carbocycles. The van der Waals surface area contributed by atoms with E-state index < -0.39 is 0 Å². The van der Waals surface area contributed by atoms with E-state index in [1.54, 1.807) is 6.08 Å². The zero-order chi connectivity index (χ0) is 11.3. The molecular weight excluding hydrogens is 188 g/mol. The molecule has 1 atom stereocenters. The minimum atomic E-state index is -0.201. The van der Waals surface area contributed by atoms with Crippen molar-refractivity contribution in [1.29, 1.82) is 0 Å². The standard InChI is InChI=1S/C13H22O2/c1-10(2)12-6-4-5-11(7-8-12)9-13(14)15-3/h9-10,12H,4-8H2,1-3H3/b11-9-. The van der Waals surface area contributed by atoms with Gasteiger partial charge < -0.3 is 4.74 Å². The third-order valence-corrected chi connectivity index (χ3v) is 3.38. The largest absolute Gasteiger partial charge is 0.466 e. The van der Waals surface area contributed by atoms with Gasteiger partial charge in [-0.15, -0.1) is 0 Å². The molecule has 0 radical (unpaired) electrons. The van der Waals surface area contributed by atoms with E-state index in [0.717, 1.165) is 24.7 Å². The Labute approximate surface area is 92.7 Å². The molecule has 0 amide bonds. The van der Waals surface area contributed by atoms with E-state index in [4.69, 9.17) is 0 Å². The molecule has 0 aromatic rings. The molecule has 86 valence electrons. The fourth-order valence-electron chi connectivity index (χ4n) is 2.27. The lowest BCUT2D eigenvalue weighted by Gasteiger charge is -2.17. The summed E-state index contributed by atoms with van der Waals surface area (Å²) in [6, 6.07) is 0. The number of esters is 1. The first kappa shape index (κ1) is 12.3. The van der Waals surface area contributed by atoms with Crippen molar-refractivity contribution in [2.75, 3.05) is 7.11 Å². The van der Waals surface area contributed by atoms with E-state index in [0.29, 0.717) is 0 Å². The molecule has 1 rings (SSSR count). The molecule has 0 spiro atoms. The van der Waals surface area contributed by atoms with Crippen molar-refractivity contribution in [3.05, 3.63) is 11.6 Å². The Morgan fingerprint density at radius 2 is 2.13 bits per heavy atom. The second-order valence-electron chi connectivity index (χ2n) is 4.76. The van der Waals surface area contributed by atoms with E-state index in [-0.39, 0.29) is 5.97 Å². The van der Waals surface area contributed by atoms with E-state index in [1.165, 1.54) is 31.9 Å². The van der Waals surface area contributed by atoms with E-state index in [2.05, 4.69) is 18.6 Å². The molecule has 1 fully saturated rings. The SMILES string of the molecule is COC(=O)/C=C1/CCCC(C(C)C)CC1. The van der Waals surface area contributed by atoms with Crippen molar-refractivity contribution < 1.29 is 9.53 Å². The van der Waals surface area contributed by atoms with Gasteiger partial charge in [0.25, 0.3) is 0 Å². The number of rotatable bonds is 2. The van der Waals surface area contributed by atoms with Crippen LogP contribution in [0.5, 0.6) is 0 Å². The van der Waals surface area contributed by atoms with Crippen LogP contribution in [0, 0.1) is 11.8 Å². The first-order valence-corrected chi connectivity index (χ1v) is 5.91. The van der Waals surface area contributed by atoms with Crippen LogP contribution < -0.4 is 0 Å². The van der Waals surface area contributed by atoms with Gasteiger partial charge in [-0.05, 0) is 43.9 Å². The van der Waals surface area contributed by atoms with Crippen molar-refractivity contribution in [2.24, 2.45) is 11.8 Å². The van der Waals surface area contributed by atoms with Crippen molar-refractivity contribution in [2.45, 2.75) is 46.0 Å². The highest BCUT2D eigenvalue weighted by molar-refractivity contribution is 5.82. The van der Waals surface area contributed by atoms with Crippen LogP contribution in [0.25, 0.3) is 0 Å². The van der Waals surface area contributed by atoms with Gasteiger partial charge in [-0.1, -0.05) is 19.4 Å². The second kappa shape index (κ2) is 5.94. The lowest BCUT2D eigenvalue weighted by molar-refractivity contribution is -0.134. The molecule has 0 bridgehead atoms. The highest BCUT2D eigenvalue weighted by Gasteiger charge is 2.17. The maximum absolute atomic E-state index is 11.1. The minimum absolute atomic E-state index is 0.201. The van der Waals surface area contributed by atoms with E-state index in [1.807, 2.05) is 0 Å². The predicted molar refractivity (Wildman–Crippen MR) is 61.5 cm³/mol. The van der Waals surface area contributed by atoms with Gasteiger partial charge in [0, 0.05) is 6.08 Å². The summed E-state index contributed by atoms with van der Waals surface area (Å²) in [7, 11) is 1.44. The van der Waals surface area contributed by atoms with E-state index >= 15 is 0 Å². The van der Waals surface area contributed by atoms with Crippen LogP contribution in [0.15, 0.2) is 11.6 Å². The summed E-state index contributed by atoms with van der Waals surface area (Å²) in [6.45, 7) is 4.58. The van der Waals surface area contributed by atoms with E-state index in [9.17, 15) is 4.79 Å². The molecule has 1 aliphatic carbocycles. The zero-order valence-electron chi connectivity index (χ0n) is 10.1. The molecule has 2 heteroatoms. The normalized spacial score (nSPS) is 25.3. The zero-order valence-corrected chi connectivity index (χ0v) is 10.1. The van der Waals surface area contributed by atoms with Gasteiger partial charge in [0.15, 0.2) is 0 Å². The lowest BCUT2D eigenvalue weighted by Crippen LogP contribution is -2.06. The highest BCUT2D eigenvalue weighted by Crippen LogP contribution is 2.31. The van der Waals surface area contributed by atoms with Crippen molar-refractivity contribution >= 4 is 5.97 Å². The number of carbonyl (C=O) groups is 1. The predicted octanol–water partition coefficient (Wildman–Crippen LogP) is 3.32. The highest BCUT2D eigenvalue weighted by atomic mass is 16.5. The van der Waals surface area contributed by atoms with Crippen LogP contribution >= 0.6 is 0 Å². The van der Waals surface area contributed by atoms with Crippen LogP contribution in [0.1, 0.15) is 46.0 Å². The third-order valence-electron chi connectivity index (χ3n) is 3.38. The average Bonchev–Trinajstić information content (AvgIpc) is 2.43. The molecular formula is C13H22O2. The molecule has 1 unspecified atom stereocenters. The smallest absolute Gasteiger partial charge is 0.330 e. The number of hydrogen-bond acceptors (Lipinski definition) is 2. The fourth-order valence-corrected chi connectivity index (χ4v) is 2.27. The number of allylic oxidation sites excluding steroid dienone is 1. The Hall–Kier alpha value is -0.790. The third kappa shape index (κ3) is 4.06. The first-order valence-electron chi connectivity index (χ1n) is 5.91. The molecule has 0 heterocycles. The number of hydrogen-bond donors (Lipinski definition) is 0. The van der Waals surface area contributed by atoms with Crippen LogP contribution in [0.4, 0.5) is 0 Å². The van der Waals surface area contributed by atoms with Gasteiger partial charge >= 0.3 is 5.97 Å². The average molecular weight is 210 g/mol. The first-order chi connectivity index (χ1) is 7.13. The van der Waals surface area contributed by atoms with Crippen LogP contribution in [0.3, 0.4) is 0 Å². The lowest BCUT2D eigenvalue weighted by atomic mass is 9.89. The Morgan fingerprint density at radius 3 is 2.73 bits per heavy atom. The summed E-state index contributed by atoms with van der Waals surface area (Å²) in [4.78, 5) is 11.1. The molecule has 1 saturated carbocycles. The number of ether oxygens (including phenoxy) is 1. The van der Waals surface area contributed by atoms with Gasteiger partial charge in [0.2, 0.25) is 0 Å². The van der Waals surface area contributed by atoms with Crippen LogP contribution in [-0.2, 0) is 9.53 Å². The Kier molecular flexibility index (Phi) is 4.86. The van der Waals surface area contributed by atoms with Crippen molar-refractivity contribution in [3.63, 3.8) is 0 Å². The fraction of sp³-hybridized carbons (Fsp3) is 0.769. The monoisotopic (exact) mass is 210 g/mol. The maximum Gasteiger partial charge on any atom is 0.330 e. The molecule has 0 saturated heterocycles. The molecule has 15 heavy (non-hydrogen) atoms. The summed E-state index contributed by atoms with van der Waals surface area (Å²) in [5.41, 5.74) is 1.27. The Bertz CT molecular complexity index is 241. The number of carbonyl (C=O) groups excluding carboxylic acids is 1. The Balaban J connectivity index is 2.52. The van der Waals surface area contributed by atoms with Crippen molar-refractivity contribution in [1.82, 2.24) is 0 Å². The van der Waals surface area contributed by atoms with Gasteiger partial charge in [0.1, 0.15) is 0 Å². The van der Waals surface area contributed by atoms with Gasteiger partial charge in [-0.25, -0.2) is 4.79 Å². The topological polar surface area (TPSA) is 26.3 Å². The molecule has 1 aliphatic rings. The van der Waals surface area contributed by atoms with Gasteiger partial charge in [-0.3, -0.25) is 0 Å². The van der Waals surface area contributed by atoms with Crippen LogP contribution in [-0.4, -0.2) is 13.1 Å². The number of methoxy groups -OCH3 is 1. The van der Waals surface area contributed by atoms with Crippen molar-refractivity contribution in [3.8, 4) is 0 Å². The van der Waals surface area contributed by atoms with Gasteiger partial charge in [-0.2, -0.15) is 0 Å². The van der Waals surface area contributed by atoms with Gasteiger partial charge in [0.05, 0.1) is 7.11 Å². The molecule has 0 N–H and O–H groups in total.